The minimum atomic E-state index is -0.446. The molecule has 0 atom stereocenters. The molecule has 0 fully saturated rings. The molecule has 0 saturated carbocycles. The number of benzene rings is 2. The number of aryl methyl sites for hydroxylation is 1. The lowest BCUT2D eigenvalue weighted by Gasteiger charge is -2.11. The van der Waals surface area contributed by atoms with Gasteiger partial charge in [0.1, 0.15) is 24.0 Å². The summed E-state index contributed by atoms with van der Waals surface area (Å²) in [6.45, 7) is 3.84. The molecule has 8 nitrogen and oxygen atoms in total. The molecule has 1 heterocycles. The smallest absolute Gasteiger partial charge is 0.269 e. The first-order valence-electron chi connectivity index (χ1n) is 9.01. The average Bonchev–Trinajstić information content (AvgIpc) is 3.03. The molecule has 0 aliphatic carbocycles. The highest BCUT2D eigenvalue weighted by Gasteiger charge is 2.13. The topological polar surface area (TPSA) is 111 Å². The molecule has 30 heavy (non-hydrogen) atoms. The Balaban J connectivity index is 1.74. The van der Waals surface area contributed by atoms with E-state index in [0.717, 1.165) is 16.7 Å². The summed E-state index contributed by atoms with van der Waals surface area (Å²) in [5.41, 5.74) is 2.75. The Bertz CT molecular complexity index is 1140. The van der Waals surface area contributed by atoms with Crippen molar-refractivity contribution in [1.82, 2.24) is 0 Å². The van der Waals surface area contributed by atoms with E-state index in [1.165, 1.54) is 19.2 Å². The van der Waals surface area contributed by atoms with Gasteiger partial charge in [0.2, 0.25) is 5.88 Å². The zero-order chi connectivity index (χ0) is 21.7. The van der Waals surface area contributed by atoms with Crippen molar-refractivity contribution in [2.75, 3.05) is 7.11 Å². The van der Waals surface area contributed by atoms with Crippen molar-refractivity contribution in [1.29, 1.82) is 5.26 Å². The third kappa shape index (κ3) is 4.47. The summed E-state index contributed by atoms with van der Waals surface area (Å²) in [6, 6.07) is 13.6. The van der Waals surface area contributed by atoms with Gasteiger partial charge in [-0.2, -0.15) is 5.26 Å². The molecular formula is C22H19N3O5. The van der Waals surface area contributed by atoms with E-state index in [1.54, 1.807) is 43.5 Å². The highest BCUT2D eigenvalue weighted by molar-refractivity contribution is 5.83. The molecule has 0 N–H and O–H groups in total. The lowest BCUT2D eigenvalue weighted by Crippen LogP contribution is -1.99. The molecular weight excluding hydrogens is 386 g/mol. The standard InChI is InChI=1S/C22H19N3O5/c1-14-15(2)30-22(19(14)11-23)24-12-17-6-9-20(21(10-17)28-3)29-13-16-4-7-18(8-5-16)25(26)27/h4-10,12H,13H2,1-3H3. The molecule has 0 saturated heterocycles. The molecule has 0 aliphatic rings. The second kappa shape index (κ2) is 8.92. The van der Waals surface area contributed by atoms with Crippen LogP contribution >= 0.6 is 0 Å². The van der Waals surface area contributed by atoms with Gasteiger partial charge in [-0.3, -0.25) is 10.1 Å². The van der Waals surface area contributed by atoms with Crippen LogP contribution in [0.1, 0.15) is 28.0 Å². The fourth-order valence-corrected chi connectivity index (χ4v) is 2.72. The number of nitriles is 1. The quantitative estimate of drug-likeness (QED) is 0.310. The Kier molecular flexibility index (Phi) is 6.13. The van der Waals surface area contributed by atoms with Gasteiger partial charge in [0.25, 0.3) is 5.69 Å². The van der Waals surface area contributed by atoms with Crippen molar-refractivity contribution in [3.63, 3.8) is 0 Å². The van der Waals surface area contributed by atoms with E-state index in [0.29, 0.717) is 22.8 Å². The van der Waals surface area contributed by atoms with E-state index in [4.69, 9.17) is 13.9 Å². The van der Waals surface area contributed by atoms with Gasteiger partial charge in [0, 0.05) is 23.9 Å². The summed E-state index contributed by atoms with van der Waals surface area (Å²) in [5, 5.41) is 20.0. The van der Waals surface area contributed by atoms with Gasteiger partial charge >= 0.3 is 0 Å². The van der Waals surface area contributed by atoms with Crippen molar-refractivity contribution >= 4 is 17.8 Å². The summed E-state index contributed by atoms with van der Waals surface area (Å²) in [6.07, 6.45) is 1.58. The number of furan rings is 1. The van der Waals surface area contributed by atoms with Gasteiger partial charge in [0.15, 0.2) is 11.5 Å². The first-order chi connectivity index (χ1) is 14.4. The second-order valence-corrected chi connectivity index (χ2v) is 6.46. The fourth-order valence-electron chi connectivity index (χ4n) is 2.72. The minimum Gasteiger partial charge on any atom is -0.493 e. The Morgan fingerprint density at radius 2 is 1.93 bits per heavy atom. The van der Waals surface area contributed by atoms with Crippen LogP contribution in [0.4, 0.5) is 11.6 Å². The first-order valence-corrected chi connectivity index (χ1v) is 9.01. The van der Waals surface area contributed by atoms with Gasteiger partial charge < -0.3 is 13.9 Å². The number of nitro groups is 1. The maximum absolute atomic E-state index is 10.7. The van der Waals surface area contributed by atoms with Crippen LogP contribution < -0.4 is 9.47 Å². The summed E-state index contributed by atoms with van der Waals surface area (Å²) in [4.78, 5) is 14.6. The molecule has 2 aromatic carbocycles. The molecule has 0 unspecified atom stereocenters. The Hall–Kier alpha value is -4.12. The number of nitrogens with zero attached hydrogens (tertiary/aromatic N) is 3. The molecule has 0 spiro atoms. The van der Waals surface area contributed by atoms with Gasteiger partial charge in [-0.05, 0) is 55.3 Å². The van der Waals surface area contributed by atoms with E-state index in [-0.39, 0.29) is 18.2 Å². The lowest BCUT2D eigenvalue weighted by molar-refractivity contribution is -0.384. The average molecular weight is 405 g/mol. The Morgan fingerprint density at radius 1 is 1.20 bits per heavy atom. The molecule has 8 heteroatoms. The number of hydrogen-bond donors (Lipinski definition) is 0. The maximum atomic E-state index is 10.7. The molecule has 3 rings (SSSR count). The molecule has 0 aliphatic heterocycles. The monoisotopic (exact) mass is 405 g/mol. The van der Waals surface area contributed by atoms with E-state index < -0.39 is 4.92 Å². The molecule has 0 amide bonds. The van der Waals surface area contributed by atoms with Crippen molar-refractivity contribution in [3.8, 4) is 17.6 Å². The third-order valence-corrected chi connectivity index (χ3v) is 4.54. The van der Waals surface area contributed by atoms with Crippen LogP contribution in [0, 0.1) is 35.3 Å². The Labute approximate surface area is 173 Å². The molecule has 0 radical (unpaired) electrons. The van der Waals surface area contributed by atoms with Crippen LogP contribution in [0.5, 0.6) is 11.5 Å². The molecule has 1 aromatic heterocycles. The molecule has 152 valence electrons. The summed E-state index contributed by atoms with van der Waals surface area (Å²) < 4.78 is 16.7. The predicted octanol–water partition coefficient (Wildman–Crippen LogP) is 5.01. The van der Waals surface area contributed by atoms with Crippen molar-refractivity contribution in [2.45, 2.75) is 20.5 Å². The van der Waals surface area contributed by atoms with E-state index >= 15 is 0 Å². The SMILES string of the molecule is COc1cc(C=Nc2oc(C)c(C)c2C#N)ccc1OCc1ccc([N+](=O)[O-])cc1. The predicted molar refractivity (Wildman–Crippen MR) is 111 cm³/mol. The van der Waals surface area contributed by atoms with Gasteiger partial charge in [0.05, 0.1) is 12.0 Å². The number of aliphatic imine (C=N–C) groups is 1. The summed E-state index contributed by atoms with van der Waals surface area (Å²) in [7, 11) is 1.53. The van der Waals surface area contributed by atoms with Crippen LogP contribution in [0.3, 0.4) is 0 Å². The normalized spacial score (nSPS) is 10.7. The number of non-ortho nitro benzene ring substituents is 1. The number of ether oxygens (including phenoxy) is 2. The van der Waals surface area contributed by atoms with Gasteiger partial charge in [-0.25, -0.2) is 4.99 Å². The number of methoxy groups -OCH3 is 1. The number of nitro benzene ring substituents is 1. The van der Waals surface area contributed by atoms with Crippen LogP contribution in [-0.2, 0) is 6.61 Å². The van der Waals surface area contributed by atoms with Crippen molar-refractivity contribution in [3.05, 3.63) is 80.6 Å². The van der Waals surface area contributed by atoms with Crippen molar-refractivity contribution in [2.24, 2.45) is 4.99 Å². The molecule has 0 bridgehead atoms. The third-order valence-electron chi connectivity index (χ3n) is 4.54. The highest BCUT2D eigenvalue weighted by atomic mass is 16.6. The fraction of sp³-hybridized carbons (Fsp3) is 0.182. The summed E-state index contributed by atoms with van der Waals surface area (Å²) in [5.74, 6) is 1.96. The number of rotatable bonds is 7. The van der Waals surface area contributed by atoms with Gasteiger partial charge in [-0.15, -0.1) is 0 Å². The molecule has 3 aromatic rings. The largest absolute Gasteiger partial charge is 0.493 e. The van der Waals surface area contributed by atoms with Crippen LogP contribution in [0.15, 0.2) is 51.9 Å². The lowest BCUT2D eigenvalue weighted by atomic mass is 10.2. The Morgan fingerprint density at radius 3 is 2.57 bits per heavy atom. The first kappa shape index (κ1) is 20.6. The van der Waals surface area contributed by atoms with Gasteiger partial charge in [-0.1, -0.05) is 0 Å². The maximum Gasteiger partial charge on any atom is 0.269 e. The zero-order valence-corrected chi connectivity index (χ0v) is 16.7. The minimum absolute atomic E-state index is 0.0291. The van der Waals surface area contributed by atoms with Crippen LogP contribution in [0.25, 0.3) is 0 Å². The second-order valence-electron chi connectivity index (χ2n) is 6.46. The zero-order valence-electron chi connectivity index (χ0n) is 16.7. The highest BCUT2D eigenvalue weighted by Crippen LogP contribution is 2.30. The number of hydrogen-bond acceptors (Lipinski definition) is 7. The summed E-state index contributed by atoms with van der Waals surface area (Å²) >= 11 is 0. The van der Waals surface area contributed by atoms with E-state index in [1.807, 2.05) is 6.92 Å². The van der Waals surface area contributed by atoms with E-state index in [9.17, 15) is 15.4 Å². The van der Waals surface area contributed by atoms with Crippen LogP contribution in [-0.4, -0.2) is 18.2 Å². The van der Waals surface area contributed by atoms with Crippen molar-refractivity contribution < 1.29 is 18.8 Å². The van der Waals surface area contributed by atoms with E-state index in [2.05, 4.69) is 11.1 Å². The van der Waals surface area contributed by atoms with Crippen LogP contribution in [0.2, 0.25) is 0 Å².